The maximum atomic E-state index is 14.8. The molecule has 2 aliphatic carbocycles. The van der Waals surface area contributed by atoms with Crippen LogP contribution in [0.3, 0.4) is 0 Å². The molecule has 2 amide bonds. The number of likely N-dealkylation sites (tertiary alicyclic amines) is 1. The van der Waals surface area contributed by atoms with Crippen LogP contribution in [0, 0.1) is 26.5 Å². The number of carbonyl (C=O) groups excluding carboxylic acids is 2. The number of sulfone groups is 1. The molecule has 1 N–H and O–H groups in total. The SMILES string of the molecule is N#CC1(NC(=O)[C@@H]2C[C@@H](S(=O)(=O)c3ccccc3F)CN2C(=O)C2(c3ncc(I)cc3F)CC2)CC1. The van der Waals surface area contributed by atoms with E-state index in [1.165, 1.54) is 24.4 Å². The minimum absolute atomic E-state index is 0.0387. The van der Waals surface area contributed by atoms with Gasteiger partial charge in [-0.3, -0.25) is 14.6 Å². The fourth-order valence-corrected chi connectivity index (χ4v) is 6.95. The Balaban J connectivity index is 1.50. The first-order valence-electron chi connectivity index (χ1n) is 11.4. The van der Waals surface area contributed by atoms with Crippen LogP contribution < -0.4 is 5.32 Å². The molecule has 1 aromatic carbocycles. The van der Waals surface area contributed by atoms with Crippen molar-refractivity contribution in [3.05, 3.63) is 57.4 Å². The third kappa shape index (κ3) is 4.15. The first-order valence-corrected chi connectivity index (χ1v) is 14.0. The van der Waals surface area contributed by atoms with Crippen LogP contribution >= 0.6 is 22.6 Å². The molecule has 0 unspecified atom stereocenters. The lowest BCUT2D eigenvalue weighted by Crippen LogP contribution is -2.52. The maximum Gasteiger partial charge on any atom is 0.244 e. The van der Waals surface area contributed by atoms with Crippen molar-refractivity contribution in [1.29, 1.82) is 5.26 Å². The minimum Gasteiger partial charge on any atom is -0.336 e. The quantitative estimate of drug-likeness (QED) is 0.493. The topological polar surface area (TPSA) is 120 Å². The smallest absolute Gasteiger partial charge is 0.244 e. The number of hydrogen-bond donors (Lipinski definition) is 1. The van der Waals surface area contributed by atoms with Crippen LogP contribution in [0.25, 0.3) is 0 Å². The van der Waals surface area contributed by atoms with Crippen molar-refractivity contribution in [1.82, 2.24) is 15.2 Å². The van der Waals surface area contributed by atoms with Gasteiger partial charge in [0.05, 0.1) is 22.4 Å². The number of nitriles is 1. The molecule has 8 nitrogen and oxygen atoms in total. The van der Waals surface area contributed by atoms with Gasteiger partial charge in [-0.25, -0.2) is 17.2 Å². The predicted molar refractivity (Wildman–Crippen MR) is 131 cm³/mol. The van der Waals surface area contributed by atoms with E-state index >= 15 is 0 Å². The summed E-state index contributed by atoms with van der Waals surface area (Å²) >= 11 is 1.90. The van der Waals surface area contributed by atoms with Gasteiger partial charge in [0, 0.05) is 16.3 Å². The standard InChI is InChI=1S/C24H21F2IN4O4S/c25-16-3-1-2-4-19(16)36(34,35)15-10-18(21(32)30-23(13-28)5-6-23)31(12-15)22(33)24(7-8-24)20-17(26)9-14(27)11-29-20/h1-4,9,11,15,18H,5-8,10,12H2,(H,30,32)/t15-,18+/m1/s1. The van der Waals surface area contributed by atoms with E-state index in [0.717, 1.165) is 17.0 Å². The number of hydrogen-bond acceptors (Lipinski definition) is 6. The van der Waals surface area contributed by atoms with Gasteiger partial charge in [0.25, 0.3) is 0 Å². The maximum absolute atomic E-state index is 14.8. The zero-order chi connectivity index (χ0) is 25.9. The zero-order valence-electron chi connectivity index (χ0n) is 18.9. The van der Waals surface area contributed by atoms with Gasteiger partial charge < -0.3 is 10.2 Å². The molecule has 1 saturated heterocycles. The minimum atomic E-state index is -4.24. The predicted octanol–water partition coefficient (Wildman–Crippen LogP) is 2.61. The van der Waals surface area contributed by atoms with Gasteiger partial charge in [-0.15, -0.1) is 0 Å². The summed E-state index contributed by atoms with van der Waals surface area (Å²) in [7, 11) is -4.24. The van der Waals surface area contributed by atoms with Crippen molar-refractivity contribution < 1.29 is 26.8 Å². The summed E-state index contributed by atoms with van der Waals surface area (Å²) in [4.78, 5) is 31.8. The van der Waals surface area contributed by atoms with Gasteiger partial charge >= 0.3 is 0 Å². The van der Waals surface area contributed by atoms with Crippen LogP contribution in [0.2, 0.25) is 0 Å². The van der Waals surface area contributed by atoms with Gasteiger partial charge in [0.2, 0.25) is 11.8 Å². The lowest BCUT2D eigenvalue weighted by molar-refractivity contribution is -0.140. The number of carbonyl (C=O) groups is 2. The number of benzene rings is 1. The summed E-state index contributed by atoms with van der Waals surface area (Å²) in [6.45, 7) is -0.360. The van der Waals surface area contributed by atoms with E-state index in [1.807, 2.05) is 28.7 Å². The lowest BCUT2D eigenvalue weighted by atomic mass is 9.98. The van der Waals surface area contributed by atoms with Crippen LogP contribution in [0.5, 0.6) is 0 Å². The number of nitrogens with zero attached hydrogens (tertiary/aromatic N) is 3. The molecule has 5 rings (SSSR count). The Bertz CT molecular complexity index is 1420. The van der Waals surface area contributed by atoms with Gasteiger partial charge in [0.15, 0.2) is 9.84 Å². The summed E-state index contributed by atoms with van der Waals surface area (Å²) in [6, 6.07) is 7.04. The van der Waals surface area contributed by atoms with Crippen LogP contribution in [0.4, 0.5) is 8.78 Å². The summed E-state index contributed by atoms with van der Waals surface area (Å²) < 4.78 is 56.4. The van der Waals surface area contributed by atoms with Crippen LogP contribution in [-0.2, 0) is 24.8 Å². The van der Waals surface area contributed by atoms with Crippen molar-refractivity contribution >= 4 is 44.2 Å². The molecule has 3 fully saturated rings. The van der Waals surface area contributed by atoms with Crippen molar-refractivity contribution in [3.63, 3.8) is 0 Å². The zero-order valence-corrected chi connectivity index (χ0v) is 21.9. The van der Waals surface area contributed by atoms with Gasteiger partial charge in [0.1, 0.15) is 28.1 Å². The number of amides is 2. The molecule has 3 aliphatic rings. The Labute approximate surface area is 220 Å². The highest BCUT2D eigenvalue weighted by atomic mass is 127. The normalized spacial score (nSPS) is 23.6. The fourth-order valence-electron chi connectivity index (χ4n) is 4.78. The fraction of sp³-hybridized carbons (Fsp3) is 0.417. The van der Waals surface area contributed by atoms with E-state index in [-0.39, 0.29) is 18.7 Å². The third-order valence-electron chi connectivity index (χ3n) is 7.16. The van der Waals surface area contributed by atoms with Crippen molar-refractivity contribution in [2.75, 3.05) is 6.54 Å². The van der Waals surface area contributed by atoms with Crippen LogP contribution in [0.15, 0.2) is 41.4 Å². The third-order valence-corrected chi connectivity index (χ3v) is 9.91. The van der Waals surface area contributed by atoms with Gasteiger partial charge in [-0.1, -0.05) is 12.1 Å². The Hall–Kier alpha value is -2.66. The molecule has 2 atom stereocenters. The second-order valence-electron chi connectivity index (χ2n) is 9.56. The summed E-state index contributed by atoms with van der Waals surface area (Å²) in [5, 5.41) is 10.8. The average Bonchev–Trinajstić information content (AvgIpc) is 3.75. The van der Waals surface area contributed by atoms with Crippen molar-refractivity contribution in [3.8, 4) is 6.07 Å². The van der Waals surface area contributed by atoms with Gasteiger partial charge in [-0.05, 0) is 72.9 Å². The molecule has 0 spiro atoms. The largest absolute Gasteiger partial charge is 0.336 e. The highest BCUT2D eigenvalue weighted by Crippen LogP contribution is 2.51. The Kier molecular flexibility index (Phi) is 6.06. The second kappa shape index (κ2) is 8.72. The first-order chi connectivity index (χ1) is 17.0. The van der Waals surface area contributed by atoms with Crippen molar-refractivity contribution in [2.24, 2.45) is 0 Å². The Morgan fingerprint density at radius 2 is 1.86 bits per heavy atom. The summed E-state index contributed by atoms with van der Waals surface area (Å²) in [5.74, 6) is -2.82. The number of rotatable bonds is 6. The van der Waals surface area contributed by atoms with Gasteiger partial charge in [-0.2, -0.15) is 5.26 Å². The molecule has 2 saturated carbocycles. The summed E-state index contributed by atoms with van der Waals surface area (Å²) in [5.41, 5.74) is -2.37. The molecular formula is C24H21F2IN4O4S. The second-order valence-corrected chi connectivity index (χ2v) is 13.0. The lowest BCUT2D eigenvalue weighted by Gasteiger charge is -2.28. The molecule has 0 radical (unpaired) electrons. The van der Waals surface area contributed by atoms with Crippen LogP contribution in [0.1, 0.15) is 37.8 Å². The van der Waals surface area contributed by atoms with E-state index in [0.29, 0.717) is 29.3 Å². The molecule has 2 aromatic rings. The van der Waals surface area contributed by atoms with Crippen molar-refractivity contribution in [2.45, 2.75) is 59.2 Å². The van der Waals surface area contributed by atoms with E-state index in [9.17, 15) is 32.0 Å². The van der Waals surface area contributed by atoms with E-state index in [1.54, 1.807) is 0 Å². The van der Waals surface area contributed by atoms with E-state index in [4.69, 9.17) is 0 Å². The van der Waals surface area contributed by atoms with E-state index in [2.05, 4.69) is 10.3 Å². The van der Waals surface area contributed by atoms with E-state index < -0.39 is 60.4 Å². The Morgan fingerprint density at radius 3 is 2.44 bits per heavy atom. The number of nitrogens with one attached hydrogen (secondary N) is 1. The number of pyridine rings is 1. The average molecular weight is 626 g/mol. The molecule has 1 aliphatic heterocycles. The molecule has 12 heteroatoms. The summed E-state index contributed by atoms with van der Waals surface area (Å²) in [6.07, 6.45) is 2.68. The molecule has 1 aromatic heterocycles. The molecule has 2 heterocycles. The molecule has 0 bridgehead atoms. The number of halogens is 3. The highest BCUT2D eigenvalue weighted by molar-refractivity contribution is 14.1. The Morgan fingerprint density at radius 1 is 1.17 bits per heavy atom. The number of aromatic nitrogens is 1. The molecule has 36 heavy (non-hydrogen) atoms. The highest BCUT2D eigenvalue weighted by Gasteiger charge is 2.60. The first kappa shape index (κ1) is 25.0. The molecule has 188 valence electrons. The monoisotopic (exact) mass is 626 g/mol. The van der Waals surface area contributed by atoms with Crippen LogP contribution in [-0.4, -0.2) is 53.5 Å². The molecular weight excluding hydrogens is 605 g/mol.